The van der Waals surface area contributed by atoms with Crippen molar-refractivity contribution in [2.45, 2.75) is 13.1 Å². The van der Waals surface area contributed by atoms with Crippen LogP contribution in [0.25, 0.3) is 5.82 Å². The number of alkyl halides is 3. The van der Waals surface area contributed by atoms with Crippen molar-refractivity contribution in [1.29, 1.82) is 0 Å². The molecule has 8 heteroatoms. The Balaban J connectivity index is 2.36. The molecule has 19 heavy (non-hydrogen) atoms. The lowest BCUT2D eigenvalue weighted by Crippen LogP contribution is -2.05. The van der Waals surface area contributed by atoms with Crippen LogP contribution in [0.1, 0.15) is 12.5 Å². The number of ether oxygens (including phenoxy) is 1. The summed E-state index contributed by atoms with van der Waals surface area (Å²) in [6.45, 7) is 2.11. The van der Waals surface area contributed by atoms with Gasteiger partial charge >= 0.3 is 6.18 Å². The van der Waals surface area contributed by atoms with Crippen molar-refractivity contribution >= 4 is 5.69 Å². The second-order valence-corrected chi connectivity index (χ2v) is 3.67. The van der Waals surface area contributed by atoms with Gasteiger partial charge in [0.25, 0.3) is 0 Å². The number of nitrogens with two attached hydrogens (primary N) is 1. The highest BCUT2D eigenvalue weighted by atomic mass is 19.4. The Labute approximate surface area is 106 Å². The third-order valence-corrected chi connectivity index (χ3v) is 2.30. The van der Waals surface area contributed by atoms with Gasteiger partial charge in [0.15, 0.2) is 5.82 Å². The van der Waals surface area contributed by atoms with Crippen molar-refractivity contribution < 1.29 is 17.9 Å². The van der Waals surface area contributed by atoms with E-state index in [4.69, 9.17) is 10.5 Å². The number of hydrogen-bond donors (Lipinski definition) is 1. The molecule has 0 aliphatic carbocycles. The second kappa shape index (κ2) is 4.79. The van der Waals surface area contributed by atoms with Gasteiger partial charge < -0.3 is 10.5 Å². The Morgan fingerprint density at radius 2 is 2.11 bits per heavy atom. The summed E-state index contributed by atoms with van der Waals surface area (Å²) in [5, 5.41) is 3.62. The van der Waals surface area contributed by atoms with Gasteiger partial charge in [0.2, 0.25) is 5.88 Å². The predicted molar refractivity (Wildman–Crippen MR) is 61.9 cm³/mol. The van der Waals surface area contributed by atoms with E-state index in [0.29, 0.717) is 12.3 Å². The summed E-state index contributed by atoms with van der Waals surface area (Å²) in [7, 11) is 0. The molecular weight excluding hydrogens is 261 g/mol. The Hall–Kier alpha value is -2.25. The molecule has 5 nitrogen and oxygen atoms in total. The average Bonchev–Trinajstić information content (AvgIpc) is 2.81. The number of nitrogens with zero attached hydrogens (tertiary/aromatic N) is 3. The molecule has 0 spiro atoms. The van der Waals surface area contributed by atoms with Crippen LogP contribution in [-0.4, -0.2) is 21.4 Å². The van der Waals surface area contributed by atoms with Crippen LogP contribution in [-0.2, 0) is 6.18 Å². The Morgan fingerprint density at radius 1 is 1.37 bits per heavy atom. The van der Waals surface area contributed by atoms with E-state index >= 15 is 0 Å². The number of anilines is 1. The molecule has 0 saturated carbocycles. The van der Waals surface area contributed by atoms with E-state index in [1.807, 2.05) is 0 Å². The van der Waals surface area contributed by atoms with Gasteiger partial charge in [-0.15, -0.1) is 0 Å². The van der Waals surface area contributed by atoms with Gasteiger partial charge in [-0.1, -0.05) is 0 Å². The summed E-state index contributed by atoms with van der Waals surface area (Å²) in [5.41, 5.74) is 5.10. The number of rotatable bonds is 3. The average molecular weight is 272 g/mol. The van der Waals surface area contributed by atoms with Gasteiger partial charge in [-0.3, -0.25) is 0 Å². The van der Waals surface area contributed by atoms with Gasteiger partial charge in [-0.2, -0.15) is 23.3 Å². The van der Waals surface area contributed by atoms with E-state index in [1.165, 1.54) is 12.1 Å². The lowest BCUT2D eigenvalue weighted by molar-refractivity contribution is -0.137. The Morgan fingerprint density at radius 3 is 2.68 bits per heavy atom. The fourth-order valence-corrected chi connectivity index (χ4v) is 1.42. The predicted octanol–water partition coefficient (Wildman–Crippen LogP) is 2.27. The van der Waals surface area contributed by atoms with Gasteiger partial charge in [0, 0.05) is 6.20 Å². The topological polar surface area (TPSA) is 66.0 Å². The zero-order chi connectivity index (χ0) is 14.0. The Bertz CT molecular complexity index is 580. The van der Waals surface area contributed by atoms with Crippen LogP contribution in [0.2, 0.25) is 0 Å². The SMILES string of the molecule is CCOc1nc(-n2cc(C(F)(F)F)cn2)ccc1N. The van der Waals surface area contributed by atoms with Crippen LogP contribution in [0.4, 0.5) is 18.9 Å². The van der Waals surface area contributed by atoms with Crippen LogP contribution >= 0.6 is 0 Å². The van der Waals surface area contributed by atoms with E-state index in [9.17, 15) is 13.2 Å². The quantitative estimate of drug-likeness (QED) is 0.930. The minimum Gasteiger partial charge on any atom is -0.476 e. The minimum atomic E-state index is -4.44. The van der Waals surface area contributed by atoms with Gasteiger partial charge in [0.1, 0.15) is 0 Å². The van der Waals surface area contributed by atoms with Crippen LogP contribution in [0.3, 0.4) is 0 Å². The van der Waals surface area contributed by atoms with Gasteiger partial charge in [-0.25, -0.2) is 4.68 Å². The smallest absolute Gasteiger partial charge is 0.419 e. The number of aromatic nitrogens is 3. The van der Waals surface area contributed by atoms with Crippen LogP contribution in [0.15, 0.2) is 24.5 Å². The first-order valence-corrected chi connectivity index (χ1v) is 5.43. The molecule has 0 bridgehead atoms. The van der Waals surface area contributed by atoms with Crippen molar-refractivity contribution in [3.8, 4) is 11.7 Å². The highest BCUT2D eigenvalue weighted by molar-refractivity contribution is 5.50. The molecule has 0 aromatic carbocycles. The van der Waals surface area contributed by atoms with E-state index in [-0.39, 0.29) is 11.7 Å². The molecule has 0 fully saturated rings. The lowest BCUT2D eigenvalue weighted by atomic mass is 10.3. The third kappa shape index (κ3) is 2.78. The fraction of sp³-hybridized carbons (Fsp3) is 0.273. The monoisotopic (exact) mass is 272 g/mol. The van der Waals surface area contributed by atoms with E-state index < -0.39 is 11.7 Å². The highest BCUT2D eigenvalue weighted by Crippen LogP contribution is 2.29. The van der Waals surface area contributed by atoms with Crippen molar-refractivity contribution in [3.63, 3.8) is 0 Å². The van der Waals surface area contributed by atoms with Crippen LogP contribution in [0.5, 0.6) is 5.88 Å². The van der Waals surface area contributed by atoms with Crippen LogP contribution < -0.4 is 10.5 Å². The summed E-state index contributed by atoms with van der Waals surface area (Å²) in [6.07, 6.45) is -2.85. The summed E-state index contributed by atoms with van der Waals surface area (Å²) in [4.78, 5) is 4.01. The normalized spacial score (nSPS) is 11.6. The molecule has 2 aromatic heterocycles. The van der Waals surface area contributed by atoms with Crippen LogP contribution in [0, 0.1) is 0 Å². The summed E-state index contributed by atoms with van der Waals surface area (Å²) in [5.74, 6) is 0.372. The molecule has 0 radical (unpaired) electrons. The van der Waals surface area contributed by atoms with Gasteiger partial charge in [-0.05, 0) is 19.1 Å². The van der Waals surface area contributed by atoms with Crippen molar-refractivity contribution in [2.75, 3.05) is 12.3 Å². The fourth-order valence-electron chi connectivity index (χ4n) is 1.42. The molecule has 0 unspecified atom stereocenters. The highest BCUT2D eigenvalue weighted by Gasteiger charge is 2.32. The van der Waals surface area contributed by atoms with Crippen molar-refractivity contribution in [3.05, 3.63) is 30.1 Å². The molecule has 0 atom stereocenters. The van der Waals surface area contributed by atoms with Gasteiger partial charge in [0.05, 0.1) is 24.1 Å². The maximum absolute atomic E-state index is 12.5. The molecule has 0 amide bonds. The van der Waals surface area contributed by atoms with E-state index in [0.717, 1.165) is 17.1 Å². The zero-order valence-electron chi connectivity index (χ0n) is 9.98. The number of pyridine rings is 1. The first-order valence-electron chi connectivity index (χ1n) is 5.43. The summed E-state index contributed by atoms with van der Waals surface area (Å²) >= 11 is 0. The molecule has 102 valence electrons. The molecule has 2 aromatic rings. The number of nitrogen functional groups attached to an aromatic ring is 1. The van der Waals surface area contributed by atoms with Crippen molar-refractivity contribution in [2.24, 2.45) is 0 Å². The van der Waals surface area contributed by atoms with Crippen molar-refractivity contribution in [1.82, 2.24) is 14.8 Å². The first kappa shape index (κ1) is 13.2. The molecule has 0 aliphatic heterocycles. The maximum Gasteiger partial charge on any atom is 0.419 e. The second-order valence-electron chi connectivity index (χ2n) is 3.67. The lowest BCUT2D eigenvalue weighted by Gasteiger charge is -2.07. The summed E-state index contributed by atoms with van der Waals surface area (Å²) in [6, 6.07) is 2.97. The molecule has 0 saturated heterocycles. The molecular formula is C11H11F3N4O. The molecule has 2 rings (SSSR count). The number of halogens is 3. The standard InChI is InChI=1S/C11H11F3N4O/c1-2-19-10-8(15)3-4-9(17-10)18-6-7(5-16-18)11(12,13)14/h3-6H,2,15H2,1H3. The largest absolute Gasteiger partial charge is 0.476 e. The maximum atomic E-state index is 12.5. The molecule has 0 aliphatic rings. The third-order valence-electron chi connectivity index (χ3n) is 2.30. The summed E-state index contributed by atoms with van der Waals surface area (Å²) < 4.78 is 43.6. The molecule has 2 heterocycles. The first-order chi connectivity index (χ1) is 8.91. The number of hydrogen-bond acceptors (Lipinski definition) is 4. The van der Waals surface area contributed by atoms with E-state index in [1.54, 1.807) is 6.92 Å². The minimum absolute atomic E-state index is 0.170. The van der Waals surface area contributed by atoms with E-state index in [2.05, 4.69) is 10.1 Å². The molecule has 2 N–H and O–H groups in total. The Kier molecular flexibility index (Phi) is 3.32. The zero-order valence-corrected chi connectivity index (χ0v) is 9.98.